The van der Waals surface area contributed by atoms with Gasteiger partial charge in [-0.05, 0) is 25.5 Å². The first-order chi connectivity index (χ1) is 8.27. The standard InChI is InChI=1S/C12H12ClFO4/c1-12(11(17)18,5-4-10(15)16)8-3-2-7(13)6-9(8)14/h2-3,6H,4-5H2,1H3,(H,15,16)(H,17,18). The Bertz CT molecular complexity index is 489. The van der Waals surface area contributed by atoms with Gasteiger partial charge in [0.25, 0.3) is 0 Å². The van der Waals surface area contributed by atoms with Gasteiger partial charge in [0.1, 0.15) is 5.82 Å². The third kappa shape index (κ3) is 2.98. The van der Waals surface area contributed by atoms with Gasteiger partial charge in [-0.1, -0.05) is 17.7 Å². The van der Waals surface area contributed by atoms with E-state index in [0.29, 0.717) is 0 Å². The maximum absolute atomic E-state index is 13.7. The third-order valence-electron chi connectivity index (χ3n) is 2.84. The zero-order valence-electron chi connectivity index (χ0n) is 9.61. The van der Waals surface area contributed by atoms with Gasteiger partial charge in [0, 0.05) is 17.0 Å². The fourth-order valence-electron chi connectivity index (χ4n) is 1.65. The molecule has 0 aliphatic carbocycles. The van der Waals surface area contributed by atoms with Crippen molar-refractivity contribution in [2.45, 2.75) is 25.2 Å². The Morgan fingerprint density at radius 3 is 2.44 bits per heavy atom. The predicted molar refractivity (Wildman–Crippen MR) is 63.3 cm³/mol. The highest BCUT2D eigenvalue weighted by Gasteiger charge is 2.37. The molecule has 1 aromatic rings. The van der Waals surface area contributed by atoms with Crippen molar-refractivity contribution in [3.8, 4) is 0 Å². The normalized spacial score (nSPS) is 13.9. The molecular formula is C12H12ClFO4. The largest absolute Gasteiger partial charge is 0.481 e. The summed E-state index contributed by atoms with van der Waals surface area (Å²) in [5.41, 5.74) is -1.66. The molecule has 1 atom stereocenters. The van der Waals surface area contributed by atoms with E-state index in [0.717, 1.165) is 6.07 Å². The number of carbonyl (C=O) groups is 2. The number of benzene rings is 1. The summed E-state index contributed by atoms with van der Waals surface area (Å²) >= 11 is 5.59. The predicted octanol–water partition coefficient (Wildman–Crippen LogP) is 2.69. The van der Waals surface area contributed by atoms with Crippen LogP contribution in [0.1, 0.15) is 25.3 Å². The van der Waals surface area contributed by atoms with E-state index in [2.05, 4.69) is 0 Å². The minimum atomic E-state index is -1.59. The summed E-state index contributed by atoms with van der Waals surface area (Å²) in [6.45, 7) is 1.30. The first-order valence-electron chi connectivity index (χ1n) is 5.18. The molecule has 0 spiro atoms. The van der Waals surface area contributed by atoms with Crippen LogP contribution in [0.5, 0.6) is 0 Å². The van der Waals surface area contributed by atoms with E-state index in [1.165, 1.54) is 19.1 Å². The van der Waals surface area contributed by atoms with Crippen molar-refractivity contribution in [1.29, 1.82) is 0 Å². The van der Waals surface area contributed by atoms with E-state index < -0.39 is 23.2 Å². The number of rotatable bonds is 5. The van der Waals surface area contributed by atoms with Crippen LogP contribution >= 0.6 is 11.6 Å². The van der Waals surface area contributed by atoms with Crippen LogP contribution in [0.15, 0.2) is 18.2 Å². The molecular weight excluding hydrogens is 263 g/mol. The molecule has 1 unspecified atom stereocenters. The van der Waals surface area contributed by atoms with Gasteiger partial charge in [0.15, 0.2) is 0 Å². The second-order valence-corrected chi connectivity index (χ2v) is 4.59. The lowest BCUT2D eigenvalue weighted by Crippen LogP contribution is -2.34. The van der Waals surface area contributed by atoms with Crippen molar-refractivity contribution in [2.75, 3.05) is 0 Å². The Balaban J connectivity index is 3.18. The molecule has 0 amide bonds. The smallest absolute Gasteiger partial charge is 0.313 e. The van der Waals surface area contributed by atoms with E-state index >= 15 is 0 Å². The second-order valence-electron chi connectivity index (χ2n) is 4.16. The summed E-state index contributed by atoms with van der Waals surface area (Å²) in [5.74, 6) is -3.15. The monoisotopic (exact) mass is 274 g/mol. The molecule has 0 saturated carbocycles. The van der Waals surface area contributed by atoms with E-state index in [1.54, 1.807) is 0 Å². The maximum atomic E-state index is 13.7. The van der Waals surface area contributed by atoms with Crippen LogP contribution in [0.2, 0.25) is 5.02 Å². The molecule has 6 heteroatoms. The summed E-state index contributed by atoms with van der Waals surface area (Å²) in [7, 11) is 0. The number of carboxylic acids is 2. The van der Waals surface area contributed by atoms with Crippen LogP contribution < -0.4 is 0 Å². The molecule has 0 bridgehead atoms. The number of hydrogen-bond acceptors (Lipinski definition) is 2. The van der Waals surface area contributed by atoms with Crippen molar-refractivity contribution in [2.24, 2.45) is 0 Å². The summed E-state index contributed by atoms with van der Waals surface area (Å²) < 4.78 is 13.7. The average molecular weight is 275 g/mol. The van der Waals surface area contributed by atoms with E-state index in [-0.39, 0.29) is 23.4 Å². The molecule has 1 rings (SSSR count). The van der Waals surface area contributed by atoms with Gasteiger partial charge in [0.2, 0.25) is 0 Å². The lowest BCUT2D eigenvalue weighted by molar-refractivity contribution is -0.144. The molecule has 0 saturated heterocycles. The summed E-state index contributed by atoms with van der Waals surface area (Å²) in [4.78, 5) is 21.8. The van der Waals surface area contributed by atoms with Crippen molar-refractivity contribution in [3.05, 3.63) is 34.6 Å². The molecule has 0 aliphatic heterocycles. The molecule has 2 N–H and O–H groups in total. The molecule has 0 aliphatic rings. The molecule has 4 nitrogen and oxygen atoms in total. The molecule has 0 fully saturated rings. The Labute approximate surface area is 108 Å². The van der Waals surface area contributed by atoms with Crippen LogP contribution in [0.3, 0.4) is 0 Å². The SMILES string of the molecule is CC(CCC(=O)O)(C(=O)O)c1ccc(Cl)cc1F. The number of hydrogen-bond donors (Lipinski definition) is 2. The Morgan fingerprint density at radius 2 is 2.00 bits per heavy atom. The number of carboxylic acid groups (broad SMARTS) is 2. The first kappa shape index (κ1) is 14.4. The van der Waals surface area contributed by atoms with Gasteiger partial charge < -0.3 is 10.2 Å². The number of aliphatic carboxylic acids is 2. The average Bonchev–Trinajstić information content (AvgIpc) is 2.25. The van der Waals surface area contributed by atoms with Crippen LogP contribution in [-0.2, 0) is 15.0 Å². The minimum absolute atomic E-state index is 0.0688. The highest BCUT2D eigenvalue weighted by Crippen LogP contribution is 2.32. The lowest BCUT2D eigenvalue weighted by atomic mass is 9.78. The fraction of sp³-hybridized carbons (Fsp3) is 0.333. The maximum Gasteiger partial charge on any atom is 0.313 e. The topological polar surface area (TPSA) is 74.6 Å². The molecule has 1 aromatic carbocycles. The van der Waals surface area contributed by atoms with E-state index in [4.69, 9.17) is 16.7 Å². The highest BCUT2D eigenvalue weighted by molar-refractivity contribution is 6.30. The zero-order valence-corrected chi connectivity index (χ0v) is 10.4. The summed E-state index contributed by atoms with van der Waals surface area (Å²) in [6, 6.07) is 3.66. The molecule has 0 aromatic heterocycles. The van der Waals surface area contributed by atoms with Crippen molar-refractivity contribution < 1.29 is 24.2 Å². The van der Waals surface area contributed by atoms with Gasteiger partial charge >= 0.3 is 11.9 Å². The van der Waals surface area contributed by atoms with Gasteiger partial charge in [-0.2, -0.15) is 0 Å². The van der Waals surface area contributed by atoms with Crippen LogP contribution in [-0.4, -0.2) is 22.2 Å². The van der Waals surface area contributed by atoms with Crippen LogP contribution in [0, 0.1) is 5.82 Å². The molecule has 98 valence electrons. The van der Waals surface area contributed by atoms with Gasteiger partial charge in [-0.3, -0.25) is 9.59 Å². The summed E-state index contributed by atoms with van der Waals surface area (Å²) in [5, 5.41) is 18.0. The Hall–Kier alpha value is -1.62. The number of halogens is 2. The van der Waals surface area contributed by atoms with Crippen LogP contribution in [0.25, 0.3) is 0 Å². The lowest BCUT2D eigenvalue weighted by Gasteiger charge is -2.25. The molecule has 0 heterocycles. The third-order valence-corrected chi connectivity index (χ3v) is 3.07. The van der Waals surface area contributed by atoms with Gasteiger partial charge in [0.05, 0.1) is 5.41 Å². The second kappa shape index (κ2) is 5.35. The van der Waals surface area contributed by atoms with Crippen molar-refractivity contribution in [3.63, 3.8) is 0 Å². The molecule has 0 radical (unpaired) electrons. The Kier molecular flexibility index (Phi) is 4.29. The van der Waals surface area contributed by atoms with Crippen molar-refractivity contribution in [1.82, 2.24) is 0 Å². The van der Waals surface area contributed by atoms with E-state index in [1.807, 2.05) is 0 Å². The highest BCUT2D eigenvalue weighted by atomic mass is 35.5. The zero-order chi connectivity index (χ0) is 13.9. The first-order valence-corrected chi connectivity index (χ1v) is 5.56. The van der Waals surface area contributed by atoms with Gasteiger partial charge in [-0.25, -0.2) is 4.39 Å². The van der Waals surface area contributed by atoms with Crippen molar-refractivity contribution >= 4 is 23.5 Å². The quantitative estimate of drug-likeness (QED) is 0.866. The summed E-state index contributed by atoms with van der Waals surface area (Å²) in [6.07, 6.45) is -0.554. The van der Waals surface area contributed by atoms with Crippen LogP contribution in [0.4, 0.5) is 4.39 Å². The van der Waals surface area contributed by atoms with Gasteiger partial charge in [-0.15, -0.1) is 0 Å². The molecule has 18 heavy (non-hydrogen) atoms. The Morgan fingerprint density at radius 1 is 1.39 bits per heavy atom. The van der Waals surface area contributed by atoms with E-state index in [9.17, 15) is 19.1 Å². The minimum Gasteiger partial charge on any atom is -0.481 e. The fourth-order valence-corrected chi connectivity index (χ4v) is 1.81.